The van der Waals surface area contributed by atoms with Crippen molar-refractivity contribution in [2.24, 2.45) is 7.05 Å². The minimum Gasteiger partial charge on any atom is -0.406 e. The smallest absolute Gasteiger partial charge is 0.406 e. The number of ether oxygens (including phenoxy) is 1. The Morgan fingerprint density at radius 1 is 1.29 bits per heavy atom. The molecule has 0 fully saturated rings. The first kappa shape index (κ1) is 15.3. The molecule has 1 aromatic carbocycles. The Morgan fingerprint density at radius 3 is 2.48 bits per heavy atom. The van der Waals surface area contributed by atoms with Crippen molar-refractivity contribution in [2.45, 2.75) is 25.9 Å². The molecule has 0 aliphatic carbocycles. The van der Waals surface area contributed by atoms with Gasteiger partial charge in [-0.2, -0.15) is 5.10 Å². The number of hydrogen-bond acceptors (Lipinski definition) is 4. The van der Waals surface area contributed by atoms with Crippen LogP contribution in [0, 0.1) is 0 Å². The van der Waals surface area contributed by atoms with Crippen LogP contribution in [0.25, 0.3) is 0 Å². The number of aryl methyl sites for hydroxylation is 1. The molecule has 21 heavy (non-hydrogen) atoms. The van der Waals surface area contributed by atoms with Crippen LogP contribution in [0.15, 0.2) is 30.6 Å². The highest BCUT2D eigenvalue weighted by molar-refractivity contribution is 5.29. The lowest BCUT2D eigenvalue weighted by molar-refractivity contribution is -0.274. The van der Waals surface area contributed by atoms with Gasteiger partial charge in [-0.3, -0.25) is 4.68 Å². The first-order valence-electron chi connectivity index (χ1n) is 6.27. The molecule has 1 atom stereocenters. The Hall–Kier alpha value is -2.09. The van der Waals surface area contributed by atoms with Crippen molar-refractivity contribution < 1.29 is 17.9 Å². The first-order chi connectivity index (χ1) is 9.85. The summed E-state index contributed by atoms with van der Waals surface area (Å²) in [5.74, 6) is 0.547. The quantitative estimate of drug-likeness (QED) is 0.922. The molecule has 2 aromatic rings. The SMILES string of the molecule is C[C@H](NCc1ncnn1C)c1ccc(OC(F)(F)F)cc1. The number of benzene rings is 1. The predicted octanol–water partition coefficient (Wildman–Crippen LogP) is 2.56. The lowest BCUT2D eigenvalue weighted by atomic mass is 10.1. The second-order valence-electron chi connectivity index (χ2n) is 4.52. The maximum atomic E-state index is 12.1. The molecule has 8 heteroatoms. The lowest BCUT2D eigenvalue weighted by Gasteiger charge is -2.15. The monoisotopic (exact) mass is 300 g/mol. The molecule has 0 bridgehead atoms. The zero-order valence-corrected chi connectivity index (χ0v) is 11.6. The normalized spacial score (nSPS) is 13.2. The van der Waals surface area contributed by atoms with Crippen molar-refractivity contribution in [3.63, 3.8) is 0 Å². The van der Waals surface area contributed by atoms with Crippen LogP contribution in [0.3, 0.4) is 0 Å². The predicted molar refractivity (Wildman–Crippen MR) is 69.4 cm³/mol. The Morgan fingerprint density at radius 2 is 1.95 bits per heavy atom. The van der Waals surface area contributed by atoms with E-state index in [0.717, 1.165) is 11.4 Å². The second-order valence-corrected chi connectivity index (χ2v) is 4.52. The molecule has 1 aromatic heterocycles. The van der Waals surface area contributed by atoms with Crippen LogP contribution in [0.2, 0.25) is 0 Å². The van der Waals surface area contributed by atoms with Crippen molar-refractivity contribution >= 4 is 0 Å². The minimum atomic E-state index is -4.67. The van der Waals surface area contributed by atoms with Crippen LogP contribution in [-0.4, -0.2) is 21.1 Å². The number of hydrogen-bond donors (Lipinski definition) is 1. The lowest BCUT2D eigenvalue weighted by Crippen LogP contribution is -2.20. The van der Waals surface area contributed by atoms with E-state index in [1.165, 1.54) is 18.5 Å². The molecule has 5 nitrogen and oxygen atoms in total. The van der Waals surface area contributed by atoms with Gasteiger partial charge in [0.25, 0.3) is 0 Å². The van der Waals surface area contributed by atoms with E-state index in [2.05, 4.69) is 20.1 Å². The van der Waals surface area contributed by atoms with E-state index in [1.807, 2.05) is 6.92 Å². The molecule has 0 aliphatic heterocycles. The van der Waals surface area contributed by atoms with Gasteiger partial charge in [-0.05, 0) is 24.6 Å². The van der Waals surface area contributed by atoms with Crippen molar-refractivity contribution in [2.75, 3.05) is 0 Å². The van der Waals surface area contributed by atoms with Crippen LogP contribution < -0.4 is 10.1 Å². The second kappa shape index (κ2) is 6.13. The number of rotatable bonds is 5. The summed E-state index contributed by atoms with van der Waals surface area (Å²) in [6.07, 6.45) is -3.21. The summed E-state index contributed by atoms with van der Waals surface area (Å²) in [5.41, 5.74) is 0.853. The van der Waals surface area contributed by atoms with E-state index in [1.54, 1.807) is 23.9 Å². The van der Waals surface area contributed by atoms with Crippen molar-refractivity contribution in [1.82, 2.24) is 20.1 Å². The summed E-state index contributed by atoms with van der Waals surface area (Å²) in [6, 6.07) is 5.74. The molecule has 0 aliphatic rings. The van der Waals surface area contributed by atoms with Crippen molar-refractivity contribution in [3.8, 4) is 5.75 Å². The molecule has 0 radical (unpaired) electrons. The summed E-state index contributed by atoms with van der Waals surface area (Å²) in [5, 5.41) is 7.18. The van der Waals surface area contributed by atoms with E-state index in [4.69, 9.17) is 0 Å². The van der Waals surface area contributed by atoms with Gasteiger partial charge in [0.2, 0.25) is 0 Å². The Labute approximate surface area is 119 Å². The number of halogens is 3. The van der Waals surface area contributed by atoms with Gasteiger partial charge < -0.3 is 10.1 Å². The molecule has 0 spiro atoms. The van der Waals surface area contributed by atoms with Crippen LogP contribution in [0.4, 0.5) is 13.2 Å². The summed E-state index contributed by atoms with van der Waals surface area (Å²) in [6.45, 7) is 2.43. The van der Waals surface area contributed by atoms with Gasteiger partial charge in [-0.15, -0.1) is 13.2 Å². The minimum absolute atomic E-state index is 0.0402. The maximum Gasteiger partial charge on any atom is 0.573 e. The van der Waals surface area contributed by atoms with Crippen LogP contribution in [-0.2, 0) is 13.6 Å². The molecule has 114 valence electrons. The molecule has 0 saturated carbocycles. The number of alkyl halides is 3. The first-order valence-corrected chi connectivity index (χ1v) is 6.27. The Balaban J connectivity index is 1.93. The van der Waals surface area contributed by atoms with Gasteiger partial charge >= 0.3 is 6.36 Å². The molecule has 0 saturated heterocycles. The number of nitrogens with zero attached hydrogens (tertiary/aromatic N) is 3. The molecule has 2 rings (SSSR count). The Kier molecular flexibility index (Phi) is 4.46. The number of nitrogens with one attached hydrogen (secondary N) is 1. The topological polar surface area (TPSA) is 52.0 Å². The van der Waals surface area contributed by atoms with Gasteiger partial charge in [-0.25, -0.2) is 4.98 Å². The third-order valence-corrected chi connectivity index (χ3v) is 2.99. The Bertz CT molecular complexity index is 580. The fourth-order valence-corrected chi connectivity index (χ4v) is 1.80. The third kappa shape index (κ3) is 4.45. The van der Waals surface area contributed by atoms with Gasteiger partial charge in [-0.1, -0.05) is 12.1 Å². The average Bonchev–Trinajstić information content (AvgIpc) is 2.80. The summed E-state index contributed by atoms with van der Waals surface area (Å²) in [4.78, 5) is 4.08. The molecule has 1 N–H and O–H groups in total. The summed E-state index contributed by atoms with van der Waals surface area (Å²) >= 11 is 0. The maximum absolute atomic E-state index is 12.1. The fraction of sp³-hybridized carbons (Fsp3) is 0.385. The van der Waals surface area contributed by atoms with Crippen LogP contribution in [0.5, 0.6) is 5.75 Å². The van der Waals surface area contributed by atoms with Crippen LogP contribution in [0.1, 0.15) is 24.4 Å². The van der Waals surface area contributed by atoms with Crippen molar-refractivity contribution in [3.05, 3.63) is 42.0 Å². The van der Waals surface area contributed by atoms with E-state index in [0.29, 0.717) is 6.54 Å². The van der Waals surface area contributed by atoms with Gasteiger partial charge in [0, 0.05) is 13.1 Å². The van der Waals surface area contributed by atoms with E-state index in [-0.39, 0.29) is 11.8 Å². The van der Waals surface area contributed by atoms with Gasteiger partial charge in [0.15, 0.2) is 0 Å². The largest absolute Gasteiger partial charge is 0.573 e. The fourth-order valence-electron chi connectivity index (χ4n) is 1.80. The zero-order chi connectivity index (χ0) is 15.5. The highest BCUT2D eigenvalue weighted by Crippen LogP contribution is 2.24. The van der Waals surface area contributed by atoms with E-state index < -0.39 is 6.36 Å². The van der Waals surface area contributed by atoms with E-state index >= 15 is 0 Å². The van der Waals surface area contributed by atoms with Crippen molar-refractivity contribution in [1.29, 1.82) is 0 Å². The number of aromatic nitrogens is 3. The molecular formula is C13H15F3N4O. The third-order valence-electron chi connectivity index (χ3n) is 2.99. The van der Waals surface area contributed by atoms with Crippen LogP contribution >= 0.6 is 0 Å². The van der Waals surface area contributed by atoms with E-state index in [9.17, 15) is 13.2 Å². The zero-order valence-electron chi connectivity index (χ0n) is 11.6. The average molecular weight is 300 g/mol. The molecule has 0 unspecified atom stereocenters. The van der Waals surface area contributed by atoms with Gasteiger partial charge in [0.05, 0.1) is 6.54 Å². The standard InChI is InChI=1S/C13H15F3N4O/c1-9(17-7-12-18-8-19-20(12)2)10-3-5-11(6-4-10)21-13(14,15)16/h3-6,8-9,17H,7H2,1-2H3/t9-/m0/s1. The highest BCUT2D eigenvalue weighted by Gasteiger charge is 2.30. The molecule has 1 heterocycles. The van der Waals surface area contributed by atoms with Gasteiger partial charge in [0.1, 0.15) is 17.9 Å². The highest BCUT2D eigenvalue weighted by atomic mass is 19.4. The molecular weight excluding hydrogens is 285 g/mol. The molecule has 0 amide bonds. The summed E-state index contributed by atoms with van der Waals surface area (Å²) < 4.78 is 41.7. The summed E-state index contributed by atoms with van der Waals surface area (Å²) in [7, 11) is 1.79.